The van der Waals surface area contributed by atoms with Crippen LogP contribution in [0.2, 0.25) is 0 Å². The third-order valence-corrected chi connectivity index (χ3v) is 4.05. The van der Waals surface area contributed by atoms with Crippen LogP contribution in [0.1, 0.15) is 23.1 Å². The van der Waals surface area contributed by atoms with E-state index >= 15 is 0 Å². The van der Waals surface area contributed by atoms with Crippen LogP contribution < -0.4 is 5.73 Å². The van der Waals surface area contributed by atoms with Crippen LogP contribution in [0.25, 0.3) is 0 Å². The molecule has 0 saturated heterocycles. The Balaban J connectivity index is 2.32. The minimum absolute atomic E-state index is 0.224. The number of hydrogen-bond acceptors (Lipinski definition) is 6. The summed E-state index contributed by atoms with van der Waals surface area (Å²) >= 11 is 2.54. The zero-order valence-corrected chi connectivity index (χ0v) is 11.2. The third-order valence-electron chi connectivity index (χ3n) is 2.20. The Hall–Kier alpha value is -1.60. The predicted molar refractivity (Wildman–Crippen MR) is 71.2 cm³/mol. The number of nitrogens with two attached hydrogens (primary N) is 1. The molecule has 1 aromatic heterocycles. The van der Waals surface area contributed by atoms with E-state index in [9.17, 15) is 4.79 Å². The van der Waals surface area contributed by atoms with Crippen molar-refractivity contribution in [2.75, 3.05) is 5.73 Å². The second-order valence-electron chi connectivity index (χ2n) is 3.49. The molecule has 0 amide bonds. The van der Waals surface area contributed by atoms with E-state index in [1.165, 1.54) is 29.4 Å². The lowest BCUT2D eigenvalue weighted by Gasteiger charge is -2.04. The van der Waals surface area contributed by atoms with E-state index in [0.717, 1.165) is 16.6 Å². The molecule has 0 atom stereocenters. The first-order valence-corrected chi connectivity index (χ1v) is 6.82. The number of aromatic carboxylic acids is 1. The summed E-state index contributed by atoms with van der Waals surface area (Å²) in [6.45, 7) is 1.97. The van der Waals surface area contributed by atoms with Gasteiger partial charge in [-0.25, -0.2) is 9.78 Å². The number of nitrogens with zero attached hydrogens (tertiary/aromatic N) is 2. The van der Waals surface area contributed by atoms with Gasteiger partial charge in [-0.2, -0.15) is 4.37 Å². The van der Waals surface area contributed by atoms with E-state index in [-0.39, 0.29) is 5.56 Å². The number of carboxylic acid groups (broad SMARTS) is 1. The number of carbonyl (C=O) groups is 1. The van der Waals surface area contributed by atoms with Crippen LogP contribution in [0.5, 0.6) is 0 Å². The fourth-order valence-corrected chi connectivity index (χ4v) is 3.15. The molecular formula is C11H11N3O2S2. The van der Waals surface area contributed by atoms with E-state index in [1.807, 2.05) is 6.92 Å². The lowest BCUT2D eigenvalue weighted by molar-refractivity contribution is 0.0693. The van der Waals surface area contributed by atoms with E-state index in [0.29, 0.717) is 10.6 Å². The molecule has 0 bridgehead atoms. The van der Waals surface area contributed by atoms with Crippen molar-refractivity contribution in [2.24, 2.45) is 0 Å². The van der Waals surface area contributed by atoms with Crippen LogP contribution in [0.4, 0.5) is 5.69 Å². The molecule has 0 aliphatic rings. The molecule has 2 rings (SSSR count). The number of rotatable bonds is 4. The molecule has 1 heterocycles. The average Bonchev–Trinajstić information content (AvgIpc) is 2.76. The molecule has 3 N–H and O–H groups in total. The van der Waals surface area contributed by atoms with Gasteiger partial charge in [-0.3, -0.25) is 0 Å². The van der Waals surface area contributed by atoms with Gasteiger partial charge in [0.2, 0.25) is 0 Å². The monoisotopic (exact) mass is 281 g/mol. The zero-order valence-electron chi connectivity index (χ0n) is 9.58. The van der Waals surface area contributed by atoms with Crippen molar-refractivity contribution in [1.82, 2.24) is 9.36 Å². The molecule has 0 aliphatic heterocycles. The molecule has 2 aromatic rings. The van der Waals surface area contributed by atoms with Crippen molar-refractivity contribution >= 4 is 35.0 Å². The fourth-order valence-electron chi connectivity index (χ4n) is 1.32. The van der Waals surface area contributed by atoms with Gasteiger partial charge < -0.3 is 10.8 Å². The molecule has 1 aromatic carbocycles. The molecule has 5 nitrogen and oxygen atoms in total. The summed E-state index contributed by atoms with van der Waals surface area (Å²) in [5.74, 6) is -0.207. The summed E-state index contributed by atoms with van der Waals surface area (Å²) in [5.41, 5.74) is 6.43. The highest BCUT2D eigenvalue weighted by molar-refractivity contribution is 8.01. The fraction of sp³-hybridized carbons (Fsp3) is 0.182. The van der Waals surface area contributed by atoms with Gasteiger partial charge in [-0.15, -0.1) is 0 Å². The minimum Gasteiger partial charge on any atom is -0.478 e. The number of benzene rings is 1. The van der Waals surface area contributed by atoms with Gasteiger partial charge in [0, 0.05) is 17.0 Å². The maximum Gasteiger partial charge on any atom is 0.336 e. The summed E-state index contributed by atoms with van der Waals surface area (Å²) in [6.07, 6.45) is 0.764. The maximum absolute atomic E-state index is 11.1. The summed E-state index contributed by atoms with van der Waals surface area (Å²) < 4.78 is 4.88. The van der Waals surface area contributed by atoms with E-state index in [1.54, 1.807) is 12.1 Å². The van der Waals surface area contributed by atoms with Crippen LogP contribution in [-0.2, 0) is 6.42 Å². The Kier molecular flexibility index (Phi) is 3.83. The molecule has 0 unspecified atom stereocenters. The standard InChI is InChI=1S/C11H11N3O2S2/c1-2-9-13-11(18-14-9)17-8-5-6(12)3-4-7(8)10(15)16/h3-5H,2,12H2,1H3,(H,15,16). The first-order valence-electron chi connectivity index (χ1n) is 5.23. The smallest absolute Gasteiger partial charge is 0.336 e. The van der Waals surface area contributed by atoms with Crippen LogP contribution >= 0.6 is 23.3 Å². The predicted octanol–water partition coefficient (Wildman–Crippen LogP) is 2.53. The highest BCUT2D eigenvalue weighted by atomic mass is 32.2. The van der Waals surface area contributed by atoms with Gasteiger partial charge in [0.15, 0.2) is 4.34 Å². The number of anilines is 1. The SMILES string of the molecule is CCc1nsc(Sc2cc(N)ccc2C(=O)O)n1. The summed E-state index contributed by atoms with van der Waals surface area (Å²) in [4.78, 5) is 16.0. The lowest BCUT2D eigenvalue weighted by atomic mass is 10.2. The molecule has 7 heteroatoms. The summed E-state index contributed by atoms with van der Waals surface area (Å²) in [6, 6.07) is 4.72. The van der Waals surface area contributed by atoms with Gasteiger partial charge in [0.05, 0.1) is 5.56 Å². The highest BCUT2D eigenvalue weighted by Gasteiger charge is 2.13. The van der Waals surface area contributed by atoms with Crippen LogP contribution in [0, 0.1) is 0 Å². The first-order chi connectivity index (χ1) is 8.60. The van der Waals surface area contributed by atoms with E-state index in [4.69, 9.17) is 10.8 Å². The highest BCUT2D eigenvalue weighted by Crippen LogP contribution is 2.33. The quantitative estimate of drug-likeness (QED) is 0.837. The molecular weight excluding hydrogens is 270 g/mol. The Morgan fingerprint density at radius 1 is 1.56 bits per heavy atom. The van der Waals surface area contributed by atoms with Crippen LogP contribution in [0.3, 0.4) is 0 Å². The van der Waals surface area contributed by atoms with Crippen molar-refractivity contribution in [3.63, 3.8) is 0 Å². The zero-order chi connectivity index (χ0) is 13.1. The second kappa shape index (κ2) is 5.36. The van der Waals surface area contributed by atoms with Gasteiger partial charge in [-0.1, -0.05) is 18.7 Å². The largest absolute Gasteiger partial charge is 0.478 e. The Labute approximate surface area is 112 Å². The number of nitrogen functional groups attached to an aromatic ring is 1. The molecule has 0 aliphatic carbocycles. The van der Waals surface area contributed by atoms with Crippen molar-refractivity contribution in [3.8, 4) is 0 Å². The van der Waals surface area contributed by atoms with Gasteiger partial charge >= 0.3 is 5.97 Å². The number of aryl methyl sites for hydroxylation is 1. The van der Waals surface area contributed by atoms with Crippen LogP contribution in [0.15, 0.2) is 27.4 Å². The van der Waals surface area contributed by atoms with E-state index in [2.05, 4.69) is 9.36 Å². The molecule has 0 radical (unpaired) electrons. The molecule has 0 spiro atoms. The summed E-state index contributed by atoms with van der Waals surface area (Å²) in [7, 11) is 0. The Bertz CT molecular complexity index is 583. The number of carboxylic acids is 1. The van der Waals surface area contributed by atoms with Crippen LogP contribution in [-0.4, -0.2) is 20.4 Å². The molecule has 94 valence electrons. The summed E-state index contributed by atoms with van der Waals surface area (Å²) in [5, 5.41) is 9.10. The van der Waals surface area contributed by atoms with Crippen molar-refractivity contribution in [2.45, 2.75) is 22.6 Å². The minimum atomic E-state index is -0.974. The normalized spacial score (nSPS) is 10.5. The van der Waals surface area contributed by atoms with Crippen molar-refractivity contribution in [3.05, 3.63) is 29.6 Å². The average molecular weight is 281 g/mol. The Morgan fingerprint density at radius 2 is 2.33 bits per heavy atom. The van der Waals surface area contributed by atoms with E-state index < -0.39 is 5.97 Å². The maximum atomic E-state index is 11.1. The van der Waals surface area contributed by atoms with Gasteiger partial charge in [0.1, 0.15) is 5.82 Å². The first kappa shape index (κ1) is 12.8. The molecule has 0 fully saturated rings. The second-order valence-corrected chi connectivity index (χ2v) is 5.53. The molecule has 0 saturated carbocycles. The Morgan fingerprint density at radius 3 is 2.94 bits per heavy atom. The van der Waals surface area contributed by atoms with Crippen molar-refractivity contribution in [1.29, 1.82) is 0 Å². The topological polar surface area (TPSA) is 89.1 Å². The van der Waals surface area contributed by atoms with Gasteiger partial charge in [-0.05, 0) is 29.7 Å². The number of hydrogen-bond donors (Lipinski definition) is 2. The third kappa shape index (κ3) is 2.80. The lowest BCUT2D eigenvalue weighted by Crippen LogP contribution is -1.99. The van der Waals surface area contributed by atoms with Gasteiger partial charge in [0.25, 0.3) is 0 Å². The number of aromatic nitrogens is 2. The molecule has 18 heavy (non-hydrogen) atoms. The van der Waals surface area contributed by atoms with Crippen molar-refractivity contribution < 1.29 is 9.90 Å².